The number of carbonyl (C=O) groups is 1. The second kappa shape index (κ2) is 8.07. The second-order valence-electron chi connectivity index (χ2n) is 6.14. The van der Waals surface area contributed by atoms with Crippen LogP contribution in [0.5, 0.6) is 5.75 Å². The van der Waals surface area contributed by atoms with E-state index in [1.165, 1.54) is 0 Å². The molecule has 0 bridgehead atoms. The molecule has 0 N–H and O–H groups in total. The smallest absolute Gasteiger partial charge is 0.159 e. The third-order valence-electron chi connectivity index (χ3n) is 4.41. The van der Waals surface area contributed by atoms with E-state index >= 15 is 0 Å². The predicted octanol–water partition coefficient (Wildman–Crippen LogP) is 2.40. The van der Waals surface area contributed by atoms with Gasteiger partial charge in [-0.05, 0) is 32.0 Å². The normalized spacial score (nSPS) is 15.2. The molecule has 0 atom stereocenters. The van der Waals surface area contributed by atoms with Crippen molar-refractivity contribution in [1.82, 2.24) is 14.9 Å². The quantitative estimate of drug-likeness (QED) is 0.753. The number of hydrogen-bond acceptors (Lipinski definition) is 6. The monoisotopic (exact) mass is 340 g/mol. The van der Waals surface area contributed by atoms with Gasteiger partial charge in [0.1, 0.15) is 11.6 Å². The van der Waals surface area contributed by atoms with Gasteiger partial charge in [0.25, 0.3) is 0 Å². The third-order valence-corrected chi connectivity index (χ3v) is 4.41. The summed E-state index contributed by atoms with van der Waals surface area (Å²) < 4.78 is 5.74. The van der Waals surface area contributed by atoms with Crippen molar-refractivity contribution in [3.05, 3.63) is 47.9 Å². The Hall–Kier alpha value is -2.47. The molecule has 0 saturated carbocycles. The highest BCUT2D eigenvalue weighted by Gasteiger charge is 2.19. The zero-order valence-corrected chi connectivity index (χ0v) is 14.8. The lowest BCUT2D eigenvalue weighted by atomic mass is 10.1. The van der Waals surface area contributed by atoms with Crippen LogP contribution in [0.1, 0.15) is 29.8 Å². The topological polar surface area (TPSA) is 58.6 Å². The van der Waals surface area contributed by atoms with Crippen LogP contribution in [0.25, 0.3) is 0 Å². The SMILES string of the molecule is CCOc1ccc(C(C)=O)cc1CN1CCN(c2cnccn2)CC1. The van der Waals surface area contributed by atoms with Gasteiger partial charge in [-0.15, -0.1) is 0 Å². The third kappa shape index (κ3) is 4.33. The van der Waals surface area contributed by atoms with Crippen LogP contribution in [0, 0.1) is 0 Å². The lowest BCUT2D eigenvalue weighted by Crippen LogP contribution is -2.46. The summed E-state index contributed by atoms with van der Waals surface area (Å²) in [4.78, 5) is 24.8. The zero-order valence-electron chi connectivity index (χ0n) is 14.8. The van der Waals surface area contributed by atoms with E-state index in [0.717, 1.165) is 55.4 Å². The summed E-state index contributed by atoms with van der Waals surface area (Å²) in [5.74, 6) is 1.87. The molecule has 0 unspecified atom stereocenters. The van der Waals surface area contributed by atoms with Gasteiger partial charge >= 0.3 is 0 Å². The highest BCUT2D eigenvalue weighted by Crippen LogP contribution is 2.23. The van der Waals surface area contributed by atoms with E-state index in [1.54, 1.807) is 25.5 Å². The van der Waals surface area contributed by atoms with E-state index in [0.29, 0.717) is 6.61 Å². The summed E-state index contributed by atoms with van der Waals surface area (Å²) >= 11 is 0. The summed E-state index contributed by atoms with van der Waals surface area (Å²) in [5.41, 5.74) is 1.80. The van der Waals surface area contributed by atoms with Crippen LogP contribution in [0.3, 0.4) is 0 Å². The van der Waals surface area contributed by atoms with Gasteiger partial charge in [-0.25, -0.2) is 4.98 Å². The van der Waals surface area contributed by atoms with Crippen LogP contribution in [0.15, 0.2) is 36.8 Å². The first kappa shape index (κ1) is 17.4. The van der Waals surface area contributed by atoms with E-state index in [2.05, 4.69) is 19.8 Å². The Kier molecular flexibility index (Phi) is 5.60. The molecule has 3 rings (SSSR count). The molecule has 25 heavy (non-hydrogen) atoms. The Morgan fingerprint density at radius 2 is 2.00 bits per heavy atom. The summed E-state index contributed by atoms with van der Waals surface area (Å²) in [6, 6.07) is 5.70. The number of nitrogens with zero attached hydrogens (tertiary/aromatic N) is 4. The Morgan fingerprint density at radius 1 is 1.20 bits per heavy atom. The maximum atomic E-state index is 11.7. The molecule has 2 heterocycles. The van der Waals surface area contributed by atoms with Gasteiger partial charge in [-0.1, -0.05) is 0 Å². The lowest BCUT2D eigenvalue weighted by molar-refractivity contribution is 0.101. The van der Waals surface area contributed by atoms with Gasteiger partial charge in [-0.2, -0.15) is 0 Å². The number of benzene rings is 1. The molecule has 0 spiro atoms. The van der Waals surface area contributed by atoms with Gasteiger partial charge in [-0.3, -0.25) is 14.7 Å². The first-order valence-corrected chi connectivity index (χ1v) is 8.67. The van der Waals surface area contributed by atoms with Crippen LogP contribution >= 0.6 is 0 Å². The highest BCUT2D eigenvalue weighted by molar-refractivity contribution is 5.94. The fourth-order valence-electron chi connectivity index (χ4n) is 3.05. The average molecular weight is 340 g/mol. The Morgan fingerprint density at radius 3 is 2.64 bits per heavy atom. The number of hydrogen-bond donors (Lipinski definition) is 0. The lowest BCUT2D eigenvalue weighted by Gasteiger charge is -2.35. The van der Waals surface area contributed by atoms with Crippen molar-refractivity contribution < 1.29 is 9.53 Å². The minimum atomic E-state index is 0.0803. The minimum absolute atomic E-state index is 0.0803. The maximum absolute atomic E-state index is 11.7. The molecule has 1 fully saturated rings. The number of carbonyl (C=O) groups excluding carboxylic acids is 1. The van der Waals surface area contributed by atoms with Crippen LogP contribution in [-0.2, 0) is 6.54 Å². The average Bonchev–Trinajstić information content (AvgIpc) is 2.64. The van der Waals surface area contributed by atoms with Gasteiger partial charge < -0.3 is 9.64 Å². The molecule has 0 aliphatic carbocycles. The Labute approximate surface area is 148 Å². The van der Waals surface area contributed by atoms with Crippen molar-refractivity contribution in [3.63, 3.8) is 0 Å². The molecule has 0 amide bonds. The number of rotatable bonds is 6. The summed E-state index contributed by atoms with van der Waals surface area (Å²) in [6.45, 7) is 8.67. The first-order chi connectivity index (χ1) is 12.2. The Balaban J connectivity index is 1.67. The molecule has 1 aliphatic heterocycles. The Bertz CT molecular complexity index is 713. The number of aromatic nitrogens is 2. The van der Waals surface area contributed by atoms with E-state index in [4.69, 9.17) is 4.74 Å². The van der Waals surface area contributed by atoms with Gasteiger partial charge in [0.15, 0.2) is 5.78 Å². The molecule has 1 aliphatic rings. The van der Waals surface area contributed by atoms with Crippen molar-refractivity contribution in [1.29, 1.82) is 0 Å². The molecule has 132 valence electrons. The standard InChI is InChI=1S/C19H24N4O2/c1-3-25-18-5-4-16(15(2)24)12-17(18)14-22-8-10-23(11-9-22)19-13-20-6-7-21-19/h4-7,12-13H,3,8-11,14H2,1-2H3. The van der Waals surface area contributed by atoms with E-state index in [9.17, 15) is 4.79 Å². The molecule has 6 heteroatoms. The van der Waals surface area contributed by atoms with Crippen molar-refractivity contribution in [2.45, 2.75) is 20.4 Å². The molecule has 1 aromatic carbocycles. The fourth-order valence-corrected chi connectivity index (χ4v) is 3.05. The van der Waals surface area contributed by atoms with Gasteiger partial charge in [0.05, 0.1) is 12.8 Å². The molecule has 6 nitrogen and oxygen atoms in total. The van der Waals surface area contributed by atoms with Crippen LogP contribution in [-0.4, -0.2) is 53.4 Å². The van der Waals surface area contributed by atoms with Crippen molar-refractivity contribution in [3.8, 4) is 5.75 Å². The molecule has 0 radical (unpaired) electrons. The summed E-state index contributed by atoms with van der Waals surface area (Å²) in [5, 5.41) is 0. The number of ketones is 1. The fraction of sp³-hybridized carbons (Fsp3) is 0.421. The van der Waals surface area contributed by atoms with Gasteiger partial charge in [0, 0.05) is 56.2 Å². The van der Waals surface area contributed by atoms with Crippen LogP contribution < -0.4 is 9.64 Å². The second-order valence-corrected chi connectivity index (χ2v) is 6.14. The maximum Gasteiger partial charge on any atom is 0.159 e. The van der Waals surface area contributed by atoms with E-state index in [-0.39, 0.29) is 5.78 Å². The molecule has 2 aromatic rings. The predicted molar refractivity (Wildman–Crippen MR) is 97.1 cm³/mol. The van der Waals surface area contributed by atoms with Crippen molar-refractivity contribution in [2.75, 3.05) is 37.7 Å². The largest absolute Gasteiger partial charge is 0.494 e. The highest BCUT2D eigenvalue weighted by atomic mass is 16.5. The van der Waals surface area contributed by atoms with E-state index in [1.807, 2.05) is 25.1 Å². The van der Waals surface area contributed by atoms with Crippen molar-refractivity contribution >= 4 is 11.6 Å². The summed E-state index contributed by atoms with van der Waals surface area (Å²) in [7, 11) is 0. The molecule has 1 aromatic heterocycles. The summed E-state index contributed by atoms with van der Waals surface area (Å²) in [6.07, 6.45) is 5.22. The van der Waals surface area contributed by atoms with E-state index < -0.39 is 0 Å². The zero-order chi connectivity index (χ0) is 17.6. The molecular weight excluding hydrogens is 316 g/mol. The molecule has 1 saturated heterocycles. The van der Waals surface area contributed by atoms with Crippen molar-refractivity contribution in [2.24, 2.45) is 0 Å². The molecular formula is C19H24N4O2. The first-order valence-electron chi connectivity index (χ1n) is 8.67. The number of Topliss-reactive ketones (excluding diaryl/α,β-unsaturated/α-hetero) is 1. The van der Waals surface area contributed by atoms with Crippen LogP contribution in [0.4, 0.5) is 5.82 Å². The minimum Gasteiger partial charge on any atom is -0.494 e. The number of piperazine rings is 1. The number of anilines is 1. The number of ether oxygens (including phenoxy) is 1. The van der Waals surface area contributed by atoms with Gasteiger partial charge in [0.2, 0.25) is 0 Å². The van der Waals surface area contributed by atoms with Crippen LogP contribution in [0.2, 0.25) is 0 Å².